The van der Waals surface area contributed by atoms with Crippen molar-refractivity contribution in [2.45, 2.75) is 26.8 Å². The average Bonchev–Trinajstić information content (AvgIpc) is 2.40. The molecule has 0 aliphatic carbocycles. The van der Waals surface area contributed by atoms with Crippen molar-refractivity contribution in [1.29, 1.82) is 0 Å². The molecule has 0 bridgehead atoms. The van der Waals surface area contributed by atoms with Gasteiger partial charge in [-0.25, -0.2) is 0 Å². The molecule has 0 atom stereocenters. The van der Waals surface area contributed by atoms with Crippen molar-refractivity contribution >= 4 is 0 Å². The SMILES string of the molecule is CCOCCCOc1ccc(CN)cc1OCC. The second kappa shape index (κ2) is 8.78. The van der Waals surface area contributed by atoms with Gasteiger partial charge in [0, 0.05) is 26.2 Å². The van der Waals surface area contributed by atoms with E-state index < -0.39 is 0 Å². The fourth-order valence-corrected chi connectivity index (χ4v) is 1.55. The summed E-state index contributed by atoms with van der Waals surface area (Å²) in [6, 6.07) is 5.80. The lowest BCUT2D eigenvalue weighted by molar-refractivity contribution is 0.130. The van der Waals surface area contributed by atoms with E-state index in [1.54, 1.807) is 0 Å². The molecule has 0 fully saturated rings. The van der Waals surface area contributed by atoms with Crippen molar-refractivity contribution in [1.82, 2.24) is 0 Å². The van der Waals surface area contributed by atoms with E-state index in [-0.39, 0.29) is 0 Å². The minimum absolute atomic E-state index is 0.505. The predicted octanol–water partition coefficient (Wildman–Crippen LogP) is 2.35. The Bertz CT molecular complexity index is 342. The highest BCUT2D eigenvalue weighted by Crippen LogP contribution is 2.28. The maximum atomic E-state index is 5.69. The van der Waals surface area contributed by atoms with Gasteiger partial charge < -0.3 is 19.9 Å². The number of rotatable bonds is 9. The molecular formula is C14H23NO3. The van der Waals surface area contributed by atoms with Crippen LogP contribution >= 0.6 is 0 Å². The molecule has 0 saturated carbocycles. The molecule has 0 saturated heterocycles. The Balaban J connectivity index is 2.52. The largest absolute Gasteiger partial charge is 0.490 e. The number of benzene rings is 1. The molecule has 1 aromatic rings. The van der Waals surface area contributed by atoms with Gasteiger partial charge in [0.05, 0.1) is 13.2 Å². The second-order valence-electron chi connectivity index (χ2n) is 3.82. The molecule has 102 valence electrons. The van der Waals surface area contributed by atoms with Gasteiger partial charge in [-0.2, -0.15) is 0 Å². The van der Waals surface area contributed by atoms with E-state index >= 15 is 0 Å². The summed E-state index contributed by atoms with van der Waals surface area (Å²) < 4.78 is 16.5. The van der Waals surface area contributed by atoms with Crippen LogP contribution in [0.3, 0.4) is 0 Å². The van der Waals surface area contributed by atoms with Crippen LogP contribution in [0.2, 0.25) is 0 Å². The van der Waals surface area contributed by atoms with E-state index in [2.05, 4.69) is 0 Å². The molecular weight excluding hydrogens is 230 g/mol. The Morgan fingerprint density at radius 2 is 1.83 bits per heavy atom. The topological polar surface area (TPSA) is 53.7 Å². The third kappa shape index (κ3) is 4.94. The van der Waals surface area contributed by atoms with E-state index in [0.29, 0.717) is 19.8 Å². The summed E-state index contributed by atoms with van der Waals surface area (Å²) in [6.07, 6.45) is 0.873. The molecule has 4 heteroatoms. The van der Waals surface area contributed by atoms with Crippen molar-refractivity contribution in [3.63, 3.8) is 0 Å². The monoisotopic (exact) mass is 253 g/mol. The Kier molecular flexibility index (Phi) is 7.22. The van der Waals surface area contributed by atoms with Gasteiger partial charge in [-0.3, -0.25) is 0 Å². The molecule has 0 spiro atoms. The van der Waals surface area contributed by atoms with Gasteiger partial charge in [0.2, 0.25) is 0 Å². The summed E-state index contributed by atoms with van der Waals surface area (Å²) in [5.41, 5.74) is 6.65. The Labute approximate surface area is 109 Å². The van der Waals surface area contributed by atoms with E-state index in [4.69, 9.17) is 19.9 Å². The summed E-state index contributed by atoms with van der Waals surface area (Å²) in [6.45, 7) is 7.15. The zero-order valence-electron chi connectivity index (χ0n) is 11.3. The maximum Gasteiger partial charge on any atom is 0.161 e. The smallest absolute Gasteiger partial charge is 0.161 e. The van der Waals surface area contributed by atoms with Crippen molar-refractivity contribution in [3.05, 3.63) is 23.8 Å². The van der Waals surface area contributed by atoms with Crippen LogP contribution in [-0.4, -0.2) is 26.4 Å². The first kappa shape index (κ1) is 14.8. The Morgan fingerprint density at radius 3 is 2.50 bits per heavy atom. The zero-order valence-corrected chi connectivity index (χ0v) is 11.3. The van der Waals surface area contributed by atoms with E-state index in [0.717, 1.165) is 36.7 Å². The fraction of sp³-hybridized carbons (Fsp3) is 0.571. The fourth-order valence-electron chi connectivity index (χ4n) is 1.55. The average molecular weight is 253 g/mol. The van der Waals surface area contributed by atoms with Crippen molar-refractivity contribution < 1.29 is 14.2 Å². The molecule has 0 aliphatic rings. The van der Waals surface area contributed by atoms with Gasteiger partial charge >= 0.3 is 0 Å². The quantitative estimate of drug-likeness (QED) is 0.686. The second-order valence-corrected chi connectivity index (χ2v) is 3.82. The summed E-state index contributed by atoms with van der Waals surface area (Å²) in [7, 11) is 0. The first-order chi connectivity index (χ1) is 8.81. The summed E-state index contributed by atoms with van der Waals surface area (Å²) in [5.74, 6) is 1.53. The molecule has 2 N–H and O–H groups in total. The summed E-state index contributed by atoms with van der Waals surface area (Å²) >= 11 is 0. The van der Waals surface area contributed by atoms with E-state index in [1.807, 2.05) is 32.0 Å². The lowest BCUT2D eigenvalue weighted by Gasteiger charge is -2.13. The molecule has 0 heterocycles. The van der Waals surface area contributed by atoms with Crippen LogP contribution in [0.4, 0.5) is 0 Å². The number of nitrogens with two attached hydrogens (primary N) is 1. The maximum absolute atomic E-state index is 5.69. The molecule has 4 nitrogen and oxygen atoms in total. The standard InChI is InChI=1S/C14H23NO3/c1-3-16-8-5-9-18-13-7-6-12(11-15)10-14(13)17-4-2/h6-7,10H,3-5,8-9,11,15H2,1-2H3. The Morgan fingerprint density at radius 1 is 1.00 bits per heavy atom. The van der Waals surface area contributed by atoms with Gasteiger partial charge in [-0.15, -0.1) is 0 Å². The third-order valence-electron chi connectivity index (χ3n) is 2.44. The van der Waals surface area contributed by atoms with Crippen molar-refractivity contribution in [2.75, 3.05) is 26.4 Å². The van der Waals surface area contributed by atoms with Crippen LogP contribution in [0.15, 0.2) is 18.2 Å². The lowest BCUT2D eigenvalue weighted by atomic mass is 10.2. The van der Waals surface area contributed by atoms with Gasteiger partial charge in [-0.05, 0) is 31.5 Å². The molecule has 0 aliphatic heterocycles. The Hall–Kier alpha value is -1.26. The molecule has 0 amide bonds. The minimum atomic E-state index is 0.505. The van der Waals surface area contributed by atoms with E-state index in [1.165, 1.54) is 0 Å². The molecule has 0 radical (unpaired) electrons. The van der Waals surface area contributed by atoms with Gasteiger partial charge in [0.15, 0.2) is 11.5 Å². The van der Waals surface area contributed by atoms with Crippen LogP contribution < -0.4 is 15.2 Å². The molecule has 18 heavy (non-hydrogen) atoms. The first-order valence-corrected chi connectivity index (χ1v) is 6.48. The predicted molar refractivity (Wildman–Crippen MR) is 72.1 cm³/mol. The third-order valence-corrected chi connectivity index (χ3v) is 2.44. The number of ether oxygens (including phenoxy) is 3. The lowest BCUT2D eigenvalue weighted by Crippen LogP contribution is -2.05. The highest BCUT2D eigenvalue weighted by molar-refractivity contribution is 5.43. The van der Waals surface area contributed by atoms with Crippen LogP contribution in [0.25, 0.3) is 0 Å². The van der Waals surface area contributed by atoms with Gasteiger partial charge in [-0.1, -0.05) is 6.07 Å². The van der Waals surface area contributed by atoms with Crippen LogP contribution in [0.1, 0.15) is 25.8 Å². The highest BCUT2D eigenvalue weighted by Gasteiger charge is 2.05. The first-order valence-electron chi connectivity index (χ1n) is 6.48. The highest BCUT2D eigenvalue weighted by atomic mass is 16.5. The molecule has 1 rings (SSSR count). The number of hydrogen-bond acceptors (Lipinski definition) is 4. The zero-order chi connectivity index (χ0) is 13.2. The van der Waals surface area contributed by atoms with Crippen LogP contribution in [-0.2, 0) is 11.3 Å². The van der Waals surface area contributed by atoms with Gasteiger partial charge in [0.1, 0.15) is 0 Å². The van der Waals surface area contributed by atoms with Crippen molar-refractivity contribution in [2.24, 2.45) is 5.73 Å². The normalized spacial score (nSPS) is 10.4. The number of hydrogen-bond donors (Lipinski definition) is 1. The molecule has 1 aromatic carbocycles. The van der Waals surface area contributed by atoms with Crippen LogP contribution in [0.5, 0.6) is 11.5 Å². The van der Waals surface area contributed by atoms with Crippen molar-refractivity contribution in [3.8, 4) is 11.5 Å². The van der Waals surface area contributed by atoms with Crippen LogP contribution in [0, 0.1) is 0 Å². The van der Waals surface area contributed by atoms with Gasteiger partial charge in [0.25, 0.3) is 0 Å². The summed E-state index contributed by atoms with van der Waals surface area (Å²) in [4.78, 5) is 0. The molecule has 0 unspecified atom stereocenters. The summed E-state index contributed by atoms with van der Waals surface area (Å²) in [5, 5.41) is 0. The molecule has 0 aromatic heterocycles. The minimum Gasteiger partial charge on any atom is -0.490 e. The van der Waals surface area contributed by atoms with E-state index in [9.17, 15) is 0 Å².